The van der Waals surface area contributed by atoms with Crippen molar-refractivity contribution < 1.29 is 4.42 Å². The van der Waals surface area contributed by atoms with Gasteiger partial charge in [0.2, 0.25) is 5.89 Å². The molecule has 0 bridgehead atoms. The molecule has 0 fully saturated rings. The topological polar surface area (TPSA) is 43.9 Å². The van der Waals surface area contributed by atoms with Crippen LogP contribution >= 0.6 is 11.8 Å². The fourth-order valence-electron chi connectivity index (χ4n) is 2.71. The van der Waals surface area contributed by atoms with Crippen LogP contribution in [-0.2, 0) is 12.3 Å². The quantitative estimate of drug-likeness (QED) is 0.481. The Labute approximate surface area is 144 Å². The van der Waals surface area contributed by atoms with Gasteiger partial charge in [-0.25, -0.2) is 9.97 Å². The first-order valence-electron chi connectivity index (χ1n) is 7.93. The molecule has 0 unspecified atom stereocenters. The molecule has 0 spiro atoms. The molecular weight excluding hydrogens is 318 g/mol. The Bertz CT molecular complexity index is 959. The highest BCUT2D eigenvalue weighted by Crippen LogP contribution is 2.28. The first-order valence-corrected chi connectivity index (χ1v) is 8.92. The second-order valence-corrected chi connectivity index (χ2v) is 6.34. The van der Waals surface area contributed by atoms with Crippen LogP contribution in [0.3, 0.4) is 0 Å². The minimum absolute atomic E-state index is 0.663. The molecule has 4 rings (SSSR count). The summed E-state index contributed by atoms with van der Waals surface area (Å²) in [6.07, 6.45) is 1.79. The summed E-state index contributed by atoms with van der Waals surface area (Å²) in [4.78, 5) is 9.11. The van der Waals surface area contributed by atoms with Crippen molar-refractivity contribution in [2.45, 2.75) is 24.4 Å². The maximum absolute atomic E-state index is 5.87. The molecule has 0 radical (unpaired) electrons. The van der Waals surface area contributed by atoms with Crippen molar-refractivity contribution >= 4 is 22.8 Å². The van der Waals surface area contributed by atoms with Crippen molar-refractivity contribution in [3.8, 4) is 11.3 Å². The molecule has 2 aromatic heterocycles. The lowest BCUT2D eigenvalue weighted by Gasteiger charge is -2.04. The van der Waals surface area contributed by atoms with E-state index in [0.29, 0.717) is 11.6 Å². The van der Waals surface area contributed by atoms with Crippen LogP contribution in [0.2, 0.25) is 0 Å². The number of fused-ring (bicyclic) bond motifs is 1. The van der Waals surface area contributed by atoms with Gasteiger partial charge in [0.1, 0.15) is 0 Å². The molecule has 120 valence electrons. The fraction of sp³-hybridized carbons (Fsp3) is 0.158. The van der Waals surface area contributed by atoms with Crippen LogP contribution < -0.4 is 0 Å². The number of hydrogen-bond acceptors (Lipinski definition) is 4. The lowest BCUT2D eigenvalue weighted by molar-refractivity contribution is 0.529. The van der Waals surface area contributed by atoms with Gasteiger partial charge in [-0.2, -0.15) is 0 Å². The summed E-state index contributed by atoms with van der Waals surface area (Å²) in [7, 11) is 0. The van der Waals surface area contributed by atoms with Crippen LogP contribution in [0.5, 0.6) is 0 Å². The molecule has 2 heterocycles. The van der Waals surface area contributed by atoms with Crippen molar-refractivity contribution in [2.24, 2.45) is 0 Å². The average Bonchev–Trinajstić information content (AvgIpc) is 3.24. The Kier molecular flexibility index (Phi) is 4.09. The highest BCUT2D eigenvalue weighted by molar-refractivity contribution is 7.98. The minimum atomic E-state index is 0.663. The Morgan fingerprint density at radius 2 is 1.83 bits per heavy atom. The number of para-hydroxylation sites is 2. The van der Waals surface area contributed by atoms with Crippen molar-refractivity contribution in [2.75, 3.05) is 0 Å². The number of thioether (sulfide) groups is 1. The third-order valence-electron chi connectivity index (χ3n) is 3.87. The second-order valence-electron chi connectivity index (χ2n) is 5.40. The van der Waals surface area contributed by atoms with Crippen molar-refractivity contribution in [3.05, 3.63) is 66.7 Å². The molecule has 5 heteroatoms. The van der Waals surface area contributed by atoms with Crippen molar-refractivity contribution in [3.63, 3.8) is 0 Å². The van der Waals surface area contributed by atoms with Crippen LogP contribution in [0.15, 0.2) is 70.4 Å². The first kappa shape index (κ1) is 15.0. The molecule has 4 nitrogen and oxygen atoms in total. The summed E-state index contributed by atoms with van der Waals surface area (Å²) < 4.78 is 8.09. The van der Waals surface area contributed by atoms with E-state index in [1.807, 2.05) is 48.5 Å². The maximum atomic E-state index is 5.87. The van der Waals surface area contributed by atoms with Gasteiger partial charge in [0.25, 0.3) is 0 Å². The Balaban J connectivity index is 1.54. The van der Waals surface area contributed by atoms with E-state index >= 15 is 0 Å². The van der Waals surface area contributed by atoms with Gasteiger partial charge in [0, 0.05) is 12.1 Å². The van der Waals surface area contributed by atoms with Gasteiger partial charge in [-0.05, 0) is 19.1 Å². The van der Waals surface area contributed by atoms with Gasteiger partial charge in [-0.1, -0.05) is 54.2 Å². The molecule has 0 N–H and O–H groups in total. The van der Waals surface area contributed by atoms with E-state index in [1.54, 1.807) is 18.0 Å². The van der Waals surface area contributed by atoms with Crippen LogP contribution in [0.25, 0.3) is 22.4 Å². The molecule has 0 aliphatic rings. The zero-order chi connectivity index (χ0) is 16.4. The molecule has 0 aliphatic heterocycles. The molecule has 24 heavy (non-hydrogen) atoms. The fourth-order valence-corrected chi connectivity index (χ4v) is 3.64. The van der Waals surface area contributed by atoms with Crippen LogP contribution in [0.4, 0.5) is 0 Å². The van der Waals surface area contributed by atoms with Crippen LogP contribution in [0, 0.1) is 0 Å². The zero-order valence-corrected chi connectivity index (χ0v) is 14.2. The molecule has 0 saturated carbocycles. The summed E-state index contributed by atoms with van der Waals surface area (Å²) in [6, 6.07) is 18.2. The van der Waals surface area contributed by atoms with Gasteiger partial charge in [-0.15, -0.1) is 0 Å². The van der Waals surface area contributed by atoms with E-state index in [9.17, 15) is 0 Å². The molecule has 0 atom stereocenters. The summed E-state index contributed by atoms with van der Waals surface area (Å²) in [5.74, 6) is 2.18. The third kappa shape index (κ3) is 2.83. The Morgan fingerprint density at radius 1 is 1.04 bits per heavy atom. The SMILES string of the molecule is CCn1c(SCc2ncc(-c3ccccc3)o2)nc2ccccc21. The highest BCUT2D eigenvalue weighted by atomic mass is 32.2. The number of aromatic nitrogens is 3. The third-order valence-corrected chi connectivity index (χ3v) is 4.83. The number of benzene rings is 2. The van der Waals surface area contributed by atoms with Crippen LogP contribution in [0.1, 0.15) is 12.8 Å². The maximum Gasteiger partial charge on any atom is 0.205 e. The van der Waals surface area contributed by atoms with Crippen molar-refractivity contribution in [1.29, 1.82) is 0 Å². The molecular formula is C19H17N3OS. The molecule has 4 aromatic rings. The normalized spacial score (nSPS) is 11.2. The molecule has 0 aliphatic carbocycles. The van der Waals surface area contributed by atoms with Crippen LogP contribution in [-0.4, -0.2) is 14.5 Å². The number of aryl methyl sites for hydroxylation is 1. The van der Waals surface area contributed by atoms with E-state index in [0.717, 1.165) is 28.5 Å². The number of imidazole rings is 1. The number of hydrogen-bond donors (Lipinski definition) is 0. The lowest BCUT2D eigenvalue weighted by Crippen LogP contribution is -1.96. The monoisotopic (exact) mass is 335 g/mol. The molecule has 0 amide bonds. The summed E-state index contributed by atoms with van der Waals surface area (Å²) >= 11 is 1.65. The smallest absolute Gasteiger partial charge is 0.205 e. The van der Waals surface area contributed by atoms with Gasteiger partial charge in [-0.3, -0.25) is 0 Å². The lowest BCUT2D eigenvalue weighted by atomic mass is 10.2. The average molecular weight is 335 g/mol. The number of rotatable bonds is 5. The van der Waals surface area contributed by atoms with E-state index in [2.05, 4.69) is 22.5 Å². The molecule has 0 saturated heterocycles. The van der Waals surface area contributed by atoms with E-state index in [-0.39, 0.29) is 0 Å². The summed E-state index contributed by atoms with van der Waals surface area (Å²) in [5, 5.41) is 0.998. The summed E-state index contributed by atoms with van der Waals surface area (Å²) in [5.41, 5.74) is 3.24. The predicted octanol–water partition coefficient (Wildman–Crippen LogP) is 5.00. The van der Waals surface area contributed by atoms with E-state index < -0.39 is 0 Å². The van der Waals surface area contributed by atoms with E-state index in [1.165, 1.54) is 5.52 Å². The van der Waals surface area contributed by atoms with Crippen molar-refractivity contribution in [1.82, 2.24) is 14.5 Å². The van der Waals surface area contributed by atoms with Gasteiger partial charge in [0.05, 0.1) is 23.0 Å². The van der Waals surface area contributed by atoms with Gasteiger partial charge >= 0.3 is 0 Å². The number of oxazole rings is 1. The second kappa shape index (κ2) is 6.53. The van der Waals surface area contributed by atoms with Gasteiger partial charge < -0.3 is 8.98 Å². The summed E-state index contributed by atoms with van der Waals surface area (Å²) in [6.45, 7) is 3.03. The Morgan fingerprint density at radius 3 is 2.67 bits per heavy atom. The zero-order valence-electron chi connectivity index (χ0n) is 13.3. The van der Waals surface area contributed by atoms with Gasteiger partial charge in [0.15, 0.2) is 10.9 Å². The largest absolute Gasteiger partial charge is 0.440 e. The van der Waals surface area contributed by atoms with E-state index in [4.69, 9.17) is 9.40 Å². The molecule has 2 aromatic carbocycles. The first-order chi connectivity index (χ1) is 11.8. The predicted molar refractivity (Wildman–Crippen MR) is 96.9 cm³/mol. The minimum Gasteiger partial charge on any atom is -0.440 e. The highest BCUT2D eigenvalue weighted by Gasteiger charge is 2.12. The Hall–Kier alpha value is -2.53. The standard InChI is InChI=1S/C19H17N3OS/c1-2-22-16-11-7-6-10-15(16)21-19(22)24-13-18-20-12-17(23-18)14-8-4-3-5-9-14/h3-12H,2,13H2,1H3. The number of nitrogens with zero attached hydrogens (tertiary/aromatic N) is 3.